The Hall–Kier alpha value is -2.88. The van der Waals surface area contributed by atoms with Gasteiger partial charge in [0.1, 0.15) is 5.82 Å². The van der Waals surface area contributed by atoms with E-state index in [-0.39, 0.29) is 5.91 Å². The van der Waals surface area contributed by atoms with E-state index in [4.69, 9.17) is 23.9 Å². The Bertz CT molecular complexity index is 1140. The Balaban J connectivity index is 1.78. The standard InChI is InChI=1S/C25H31N3O5S/c1-17-5-12-34-23(17)25(29)28(6-9-30-2)16-19-13-18-14-21(31-3)22(32-4)15-20(18)26-24(19)27-7-10-33-11-8-27/h5,12-15H,6-11,16H2,1-4H3. The molecule has 1 aliphatic heterocycles. The molecule has 34 heavy (non-hydrogen) atoms. The second-order valence-electron chi connectivity index (χ2n) is 8.12. The molecule has 182 valence electrons. The highest BCUT2D eigenvalue weighted by molar-refractivity contribution is 7.12. The van der Waals surface area contributed by atoms with Gasteiger partial charge in [-0.3, -0.25) is 4.79 Å². The van der Waals surface area contributed by atoms with Crippen LogP contribution in [0.1, 0.15) is 20.8 Å². The summed E-state index contributed by atoms with van der Waals surface area (Å²) in [5.41, 5.74) is 2.77. The average Bonchev–Trinajstić information content (AvgIpc) is 3.30. The predicted molar refractivity (Wildman–Crippen MR) is 134 cm³/mol. The smallest absolute Gasteiger partial charge is 0.264 e. The number of methoxy groups -OCH3 is 3. The third-order valence-electron chi connectivity index (χ3n) is 5.96. The summed E-state index contributed by atoms with van der Waals surface area (Å²) in [5, 5.41) is 2.88. The molecule has 1 aromatic carbocycles. The summed E-state index contributed by atoms with van der Waals surface area (Å²) in [6, 6.07) is 7.90. The van der Waals surface area contributed by atoms with Crippen LogP contribution in [0.4, 0.5) is 5.82 Å². The Morgan fingerprint density at radius 2 is 1.88 bits per heavy atom. The summed E-state index contributed by atoms with van der Waals surface area (Å²) in [5.74, 6) is 2.14. The van der Waals surface area contributed by atoms with E-state index in [9.17, 15) is 4.79 Å². The number of benzene rings is 1. The van der Waals surface area contributed by atoms with Crippen molar-refractivity contribution in [1.29, 1.82) is 0 Å². The fourth-order valence-corrected chi connectivity index (χ4v) is 4.99. The van der Waals surface area contributed by atoms with Crippen molar-refractivity contribution in [2.24, 2.45) is 0 Å². The first-order chi connectivity index (χ1) is 16.5. The van der Waals surface area contributed by atoms with Gasteiger partial charge in [-0.2, -0.15) is 0 Å². The third-order valence-corrected chi connectivity index (χ3v) is 6.96. The molecule has 4 rings (SSSR count). The van der Waals surface area contributed by atoms with Gasteiger partial charge in [-0.15, -0.1) is 11.3 Å². The summed E-state index contributed by atoms with van der Waals surface area (Å²) in [6.45, 7) is 6.10. The number of hydrogen-bond acceptors (Lipinski definition) is 8. The number of carbonyl (C=O) groups excluding carboxylic acids is 1. The molecule has 0 atom stereocenters. The molecule has 9 heteroatoms. The van der Waals surface area contributed by atoms with Crippen LogP contribution < -0.4 is 14.4 Å². The second-order valence-corrected chi connectivity index (χ2v) is 9.04. The van der Waals surface area contributed by atoms with Crippen molar-refractivity contribution >= 4 is 34.0 Å². The summed E-state index contributed by atoms with van der Waals surface area (Å²) in [4.78, 5) is 23.3. The molecule has 1 saturated heterocycles. The van der Waals surface area contributed by atoms with Gasteiger partial charge in [0.15, 0.2) is 11.5 Å². The highest BCUT2D eigenvalue weighted by Gasteiger charge is 2.24. The maximum atomic E-state index is 13.5. The summed E-state index contributed by atoms with van der Waals surface area (Å²) >= 11 is 1.47. The summed E-state index contributed by atoms with van der Waals surface area (Å²) in [7, 11) is 4.89. The summed E-state index contributed by atoms with van der Waals surface area (Å²) < 4.78 is 21.9. The number of fused-ring (bicyclic) bond motifs is 1. The Morgan fingerprint density at radius 1 is 1.15 bits per heavy atom. The number of pyridine rings is 1. The second kappa shape index (κ2) is 11.0. The van der Waals surface area contributed by atoms with Crippen LogP contribution in [0, 0.1) is 6.92 Å². The van der Waals surface area contributed by atoms with Crippen LogP contribution in [-0.4, -0.2) is 76.6 Å². The molecule has 0 spiro atoms. The number of aryl methyl sites for hydroxylation is 1. The molecule has 2 aromatic heterocycles. The molecular weight excluding hydrogens is 454 g/mol. The molecule has 0 aliphatic carbocycles. The highest BCUT2D eigenvalue weighted by atomic mass is 32.1. The topological polar surface area (TPSA) is 73.4 Å². The molecule has 1 fully saturated rings. The van der Waals surface area contributed by atoms with Crippen molar-refractivity contribution in [1.82, 2.24) is 9.88 Å². The number of ether oxygens (including phenoxy) is 4. The van der Waals surface area contributed by atoms with Crippen molar-refractivity contribution in [2.75, 3.05) is 65.7 Å². The molecule has 0 N–H and O–H groups in total. The first-order valence-electron chi connectivity index (χ1n) is 11.3. The van der Waals surface area contributed by atoms with Crippen molar-refractivity contribution in [3.63, 3.8) is 0 Å². The van der Waals surface area contributed by atoms with Gasteiger partial charge in [0.25, 0.3) is 5.91 Å². The fourth-order valence-electron chi connectivity index (χ4n) is 4.09. The maximum Gasteiger partial charge on any atom is 0.264 e. The predicted octanol–water partition coefficient (Wildman–Crippen LogP) is 3.75. The molecule has 0 radical (unpaired) electrons. The van der Waals surface area contributed by atoms with Crippen LogP contribution >= 0.6 is 11.3 Å². The van der Waals surface area contributed by atoms with Crippen LogP contribution in [0.5, 0.6) is 11.5 Å². The molecule has 0 saturated carbocycles. The van der Waals surface area contributed by atoms with E-state index in [0.29, 0.717) is 44.4 Å². The number of hydrogen-bond donors (Lipinski definition) is 0. The van der Waals surface area contributed by atoms with Gasteiger partial charge in [0.2, 0.25) is 0 Å². The van der Waals surface area contributed by atoms with E-state index in [2.05, 4.69) is 11.0 Å². The fraction of sp³-hybridized carbons (Fsp3) is 0.440. The molecule has 1 amide bonds. The normalized spacial score (nSPS) is 13.8. The van der Waals surface area contributed by atoms with Crippen LogP contribution in [-0.2, 0) is 16.0 Å². The minimum atomic E-state index is 0.00452. The monoisotopic (exact) mass is 485 g/mol. The van der Waals surface area contributed by atoms with E-state index in [1.807, 2.05) is 35.4 Å². The highest BCUT2D eigenvalue weighted by Crippen LogP contribution is 2.34. The van der Waals surface area contributed by atoms with Crippen molar-refractivity contribution < 1.29 is 23.7 Å². The largest absolute Gasteiger partial charge is 0.493 e. The quantitative estimate of drug-likeness (QED) is 0.457. The van der Waals surface area contributed by atoms with Crippen molar-refractivity contribution in [3.05, 3.63) is 45.6 Å². The van der Waals surface area contributed by atoms with E-state index < -0.39 is 0 Å². The lowest BCUT2D eigenvalue weighted by Gasteiger charge is -2.31. The lowest BCUT2D eigenvalue weighted by atomic mass is 10.1. The van der Waals surface area contributed by atoms with Crippen LogP contribution in [0.3, 0.4) is 0 Å². The lowest BCUT2D eigenvalue weighted by molar-refractivity contribution is 0.0684. The molecule has 0 bridgehead atoms. The number of amides is 1. The average molecular weight is 486 g/mol. The number of anilines is 1. The van der Waals surface area contributed by atoms with Crippen molar-refractivity contribution in [3.8, 4) is 11.5 Å². The van der Waals surface area contributed by atoms with E-state index in [1.165, 1.54) is 11.3 Å². The zero-order valence-electron chi connectivity index (χ0n) is 20.1. The zero-order chi connectivity index (χ0) is 24.1. The summed E-state index contributed by atoms with van der Waals surface area (Å²) in [6.07, 6.45) is 0. The van der Waals surface area contributed by atoms with Gasteiger partial charge in [0.05, 0.1) is 44.4 Å². The minimum absolute atomic E-state index is 0.00452. The van der Waals surface area contributed by atoms with Crippen LogP contribution in [0.15, 0.2) is 29.6 Å². The number of morpholine rings is 1. The lowest BCUT2D eigenvalue weighted by Crippen LogP contribution is -2.39. The molecule has 8 nitrogen and oxygen atoms in total. The molecule has 0 unspecified atom stereocenters. The van der Waals surface area contributed by atoms with Gasteiger partial charge in [-0.25, -0.2) is 4.98 Å². The van der Waals surface area contributed by atoms with Gasteiger partial charge in [0, 0.05) is 50.3 Å². The molecular formula is C25H31N3O5S. The van der Waals surface area contributed by atoms with E-state index in [1.54, 1.807) is 21.3 Å². The first kappa shape index (κ1) is 24.3. The SMILES string of the molecule is COCCN(Cc1cc2cc(OC)c(OC)cc2nc1N1CCOCC1)C(=O)c1sccc1C. The Labute approximate surface area is 204 Å². The minimum Gasteiger partial charge on any atom is -0.493 e. The first-order valence-corrected chi connectivity index (χ1v) is 12.1. The molecule has 3 aromatic rings. The van der Waals surface area contributed by atoms with Gasteiger partial charge >= 0.3 is 0 Å². The number of carbonyl (C=O) groups is 1. The number of nitrogens with zero attached hydrogens (tertiary/aromatic N) is 3. The Morgan fingerprint density at radius 3 is 2.53 bits per heavy atom. The van der Waals surface area contributed by atoms with Crippen molar-refractivity contribution in [2.45, 2.75) is 13.5 Å². The molecule has 3 heterocycles. The third kappa shape index (κ3) is 5.11. The maximum absolute atomic E-state index is 13.5. The number of aromatic nitrogens is 1. The van der Waals surface area contributed by atoms with Gasteiger partial charge in [-0.1, -0.05) is 0 Å². The van der Waals surface area contributed by atoms with E-state index in [0.717, 1.165) is 45.8 Å². The zero-order valence-corrected chi connectivity index (χ0v) is 20.9. The van der Waals surface area contributed by atoms with Gasteiger partial charge < -0.3 is 28.7 Å². The van der Waals surface area contributed by atoms with Crippen LogP contribution in [0.2, 0.25) is 0 Å². The number of rotatable bonds is 9. The van der Waals surface area contributed by atoms with E-state index >= 15 is 0 Å². The Kier molecular flexibility index (Phi) is 7.87. The van der Waals surface area contributed by atoms with Crippen LogP contribution in [0.25, 0.3) is 10.9 Å². The van der Waals surface area contributed by atoms with Gasteiger partial charge in [-0.05, 0) is 36.1 Å². The molecule has 1 aliphatic rings. The number of thiophene rings is 1.